The predicted molar refractivity (Wildman–Crippen MR) is 131 cm³/mol. The number of hydrogen-bond acceptors (Lipinski definition) is 4. The van der Waals surface area contributed by atoms with Crippen LogP contribution in [-0.4, -0.2) is 34.0 Å². The summed E-state index contributed by atoms with van der Waals surface area (Å²) in [7, 11) is -3.56. The van der Waals surface area contributed by atoms with E-state index in [9.17, 15) is 13.2 Å². The zero-order chi connectivity index (χ0) is 22.8. The molecule has 1 saturated heterocycles. The second-order valence-corrected chi connectivity index (χ2v) is 10.2. The Kier molecular flexibility index (Phi) is 9.11. The Morgan fingerprint density at radius 2 is 1.59 bits per heavy atom. The number of nitrogens with one attached hydrogen (secondary N) is 2. The summed E-state index contributed by atoms with van der Waals surface area (Å²) in [5.41, 5.74) is 3.10. The lowest BCUT2D eigenvalue weighted by Crippen LogP contribution is -2.25. The van der Waals surface area contributed by atoms with Crippen molar-refractivity contribution in [3.05, 3.63) is 54.1 Å². The molecule has 1 amide bonds. The van der Waals surface area contributed by atoms with Crippen molar-refractivity contribution in [3.8, 4) is 0 Å². The molecular formula is C25H35N3O3S. The Bertz CT molecular complexity index is 949. The van der Waals surface area contributed by atoms with Gasteiger partial charge in [0.1, 0.15) is 0 Å². The number of rotatable bonds is 10. The average Bonchev–Trinajstić information content (AvgIpc) is 3.07. The smallest absolute Gasteiger partial charge is 0.240 e. The molecular weight excluding hydrogens is 422 g/mol. The maximum Gasteiger partial charge on any atom is 0.240 e. The quantitative estimate of drug-likeness (QED) is 0.506. The van der Waals surface area contributed by atoms with Crippen LogP contribution < -0.4 is 14.9 Å². The van der Waals surface area contributed by atoms with Gasteiger partial charge in [0.05, 0.1) is 4.90 Å². The van der Waals surface area contributed by atoms with Crippen LogP contribution in [0.3, 0.4) is 0 Å². The summed E-state index contributed by atoms with van der Waals surface area (Å²) in [5.74, 6) is -0.0688. The Morgan fingerprint density at radius 3 is 2.22 bits per heavy atom. The number of carbonyl (C=O) groups is 1. The van der Waals surface area contributed by atoms with Crippen LogP contribution in [0.2, 0.25) is 0 Å². The largest absolute Gasteiger partial charge is 0.372 e. The fourth-order valence-electron chi connectivity index (χ4n) is 3.95. The van der Waals surface area contributed by atoms with E-state index in [1.54, 1.807) is 12.1 Å². The number of aryl methyl sites for hydroxylation is 1. The van der Waals surface area contributed by atoms with Gasteiger partial charge in [0.2, 0.25) is 15.9 Å². The monoisotopic (exact) mass is 457 g/mol. The maximum atomic E-state index is 12.5. The van der Waals surface area contributed by atoms with E-state index in [0.29, 0.717) is 18.7 Å². The first-order valence-electron chi connectivity index (χ1n) is 11.7. The number of amides is 1. The zero-order valence-corrected chi connectivity index (χ0v) is 19.8. The van der Waals surface area contributed by atoms with Gasteiger partial charge in [-0.2, -0.15) is 0 Å². The summed E-state index contributed by atoms with van der Waals surface area (Å²) in [6.45, 7) is 4.58. The van der Waals surface area contributed by atoms with Crippen molar-refractivity contribution < 1.29 is 13.2 Å². The van der Waals surface area contributed by atoms with Crippen LogP contribution in [0.25, 0.3) is 0 Å². The normalized spacial score (nSPS) is 14.7. The van der Waals surface area contributed by atoms with E-state index in [2.05, 4.69) is 39.2 Å². The van der Waals surface area contributed by atoms with Gasteiger partial charge < -0.3 is 10.2 Å². The highest BCUT2D eigenvalue weighted by atomic mass is 32.2. The molecule has 0 aromatic heterocycles. The van der Waals surface area contributed by atoms with Crippen molar-refractivity contribution in [2.24, 2.45) is 0 Å². The fourth-order valence-corrected chi connectivity index (χ4v) is 5.03. The summed E-state index contributed by atoms with van der Waals surface area (Å²) >= 11 is 0. The first kappa shape index (κ1) is 24.3. The third-order valence-electron chi connectivity index (χ3n) is 5.77. The molecule has 0 aliphatic carbocycles. The van der Waals surface area contributed by atoms with Crippen molar-refractivity contribution in [3.63, 3.8) is 0 Å². The SMILES string of the molecule is CCCC(=O)Nc1ccc(S(=O)(=O)NCCCc2ccc(N3CCCCCC3)cc2)cc1. The average molecular weight is 458 g/mol. The maximum absolute atomic E-state index is 12.5. The van der Waals surface area contributed by atoms with Crippen molar-refractivity contribution in [2.45, 2.75) is 63.2 Å². The number of anilines is 2. The standard InChI is InChI=1S/C25H35N3O3S/c1-2-8-25(29)27-22-12-16-24(17-13-22)32(30,31)26-18-7-9-21-10-14-23(15-11-21)28-19-5-3-4-6-20-28/h10-17,26H,2-9,18-20H2,1H3,(H,27,29). The number of carbonyl (C=O) groups excluding carboxylic acids is 1. The molecule has 2 aromatic carbocycles. The molecule has 0 spiro atoms. The van der Waals surface area contributed by atoms with Gasteiger partial charge in [-0.05, 0) is 74.1 Å². The number of hydrogen-bond donors (Lipinski definition) is 2. The molecule has 2 aromatic rings. The molecule has 0 unspecified atom stereocenters. The number of nitrogens with zero attached hydrogens (tertiary/aromatic N) is 1. The summed E-state index contributed by atoms with van der Waals surface area (Å²) < 4.78 is 27.7. The molecule has 32 heavy (non-hydrogen) atoms. The van der Waals surface area contributed by atoms with Gasteiger partial charge in [0.15, 0.2) is 0 Å². The van der Waals surface area contributed by atoms with Gasteiger partial charge in [0.25, 0.3) is 0 Å². The molecule has 3 rings (SSSR count). The second-order valence-electron chi connectivity index (χ2n) is 8.39. The highest BCUT2D eigenvalue weighted by molar-refractivity contribution is 7.89. The predicted octanol–water partition coefficient (Wildman–Crippen LogP) is 4.72. The molecule has 1 heterocycles. The molecule has 1 aliphatic heterocycles. The van der Waals surface area contributed by atoms with E-state index in [-0.39, 0.29) is 10.8 Å². The van der Waals surface area contributed by atoms with E-state index < -0.39 is 10.0 Å². The van der Waals surface area contributed by atoms with E-state index in [1.807, 2.05) is 6.92 Å². The second kappa shape index (κ2) is 12.0. The van der Waals surface area contributed by atoms with Crippen LogP contribution in [0.1, 0.15) is 57.4 Å². The van der Waals surface area contributed by atoms with Crippen molar-refractivity contribution in [1.29, 1.82) is 0 Å². The zero-order valence-electron chi connectivity index (χ0n) is 19.0. The summed E-state index contributed by atoms with van der Waals surface area (Å²) in [5, 5.41) is 2.76. The molecule has 2 N–H and O–H groups in total. The van der Waals surface area contributed by atoms with Crippen molar-refractivity contribution in [2.75, 3.05) is 29.9 Å². The minimum atomic E-state index is -3.56. The van der Waals surface area contributed by atoms with Gasteiger partial charge in [-0.25, -0.2) is 13.1 Å². The van der Waals surface area contributed by atoms with Crippen LogP contribution in [0.5, 0.6) is 0 Å². The molecule has 7 heteroatoms. The fraction of sp³-hybridized carbons (Fsp3) is 0.480. The molecule has 1 aliphatic rings. The van der Waals surface area contributed by atoms with Gasteiger partial charge in [0, 0.05) is 37.4 Å². The third-order valence-corrected chi connectivity index (χ3v) is 7.24. The molecule has 0 atom stereocenters. The third kappa shape index (κ3) is 7.35. The molecule has 0 radical (unpaired) electrons. The van der Waals surface area contributed by atoms with Gasteiger partial charge in [-0.3, -0.25) is 4.79 Å². The van der Waals surface area contributed by atoms with Crippen LogP contribution >= 0.6 is 0 Å². The van der Waals surface area contributed by atoms with Crippen LogP contribution in [0.15, 0.2) is 53.4 Å². The Hall–Kier alpha value is -2.38. The minimum absolute atomic E-state index is 0.0688. The van der Waals surface area contributed by atoms with E-state index in [1.165, 1.54) is 49.1 Å². The van der Waals surface area contributed by atoms with Crippen molar-refractivity contribution >= 4 is 27.3 Å². The van der Waals surface area contributed by atoms with Gasteiger partial charge in [-0.15, -0.1) is 0 Å². The Morgan fingerprint density at radius 1 is 0.938 bits per heavy atom. The molecule has 174 valence electrons. The lowest BCUT2D eigenvalue weighted by Gasteiger charge is -2.22. The topological polar surface area (TPSA) is 78.5 Å². The van der Waals surface area contributed by atoms with Crippen LogP contribution in [0, 0.1) is 0 Å². The molecule has 6 nitrogen and oxygen atoms in total. The van der Waals surface area contributed by atoms with Gasteiger partial charge in [-0.1, -0.05) is 31.9 Å². The lowest BCUT2D eigenvalue weighted by molar-refractivity contribution is -0.116. The molecule has 0 bridgehead atoms. The number of benzene rings is 2. The minimum Gasteiger partial charge on any atom is -0.372 e. The van der Waals surface area contributed by atoms with E-state index in [0.717, 1.165) is 32.4 Å². The van der Waals surface area contributed by atoms with Crippen molar-refractivity contribution in [1.82, 2.24) is 4.72 Å². The summed E-state index contributed by atoms with van der Waals surface area (Å²) in [6.07, 6.45) is 7.94. The Labute approximate surface area is 192 Å². The van der Waals surface area contributed by atoms with E-state index >= 15 is 0 Å². The first-order valence-corrected chi connectivity index (χ1v) is 13.2. The summed E-state index contributed by atoms with van der Waals surface area (Å²) in [4.78, 5) is 14.3. The molecule has 1 fully saturated rings. The first-order chi connectivity index (χ1) is 15.5. The van der Waals surface area contributed by atoms with Crippen LogP contribution in [0.4, 0.5) is 11.4 Å². The number of sulfonamides is 1. The highest BCUT2D eigenvalue weighted by Gasteiger charge is 2.14. The van der Waals surface area contributed by atoms with Gasteiger partial charge >= 0.3 is 0 Å². The Balaban J connectivity index is 1.44. The van der Waals surface area contributed by atoms with Crippen LogP contribution in [-0.2, 0) is 21.2 Å². The summed E-state index contributed by atoms with van der Waals surface area (Å²) in [6, 6.07) is 15.0. The lowest BCUT2D eigenvalue weighted by atomic mass is 10.1. The van der Waals surface area contributed by atoms with E-state index in [4.69, 9.17) is 0 Å². The molecule has 0 saturated carbocycles. The highest BCUT2D eigenvalue weighted by Crippen LogP contribution is 2.20.